The van der Waals surface area contributed by atoms with Gasteiger partial charge in [0.15, 0.2) is 5.82 Å². The van der Waals surface area contributed by atoms with Crippen LogP contribution in [-0.2, 0) is 4.79 Å². The first-order valence-corrected chi connectivity index (χ1v) is 13.9. The van der Waals surface area contributed by atoms with E-state index in [2.05, 4.69) is 49.3 Å². The van der Waals surface area contributed by atoms with Gasteiger partial charge in [-0.15, -0.1) is 0 Å². The van der Waals surface area contributed by atoms with Crippen molar-refractivity contribution in [2.45, 2.75) is 19.9 Å². The maximum absolute atomic E-state index is 15.1. The molecule has 5 rings (SSSR count). The fraction of sp³-hybridized carbons (Fsp3) is 0.290. The van der Waals surface area contributed by atoms with Crippen molar-refractivity contribution in [2.24, 2.45) is 0 Å². The number of carbonyl (C=O) groups excluding carboxylic acids is 2. The van der Waals surface area contributed by atoms with Crippen molar-refractivity contribution in [3.05, 3.63) is 72.8 Å². The van der Waals surface area contributed by atoms with E-state index < -0.39 is 5.82 Å². The number of nitrogens with zero attached hydrogens (tertiary/aromatic N) is 5. The molecule has 1 aliphatic heterocycles. The molecule has 0 atom stereocenters. The van der Waals surface area contributed by atoms with Gasteiger partial charge >= 0.3 is 0 Å². The van der Waals surface area contributed by atoms with Gasteiger partial charge in [-0.25, -0.2) is 14.4 Å². The second-order valence-corrected chi connectivity index (χ2v) is 10.6. The highest BCUT2D eigenvalue weighted by Gasteiger charge is 2.20. The SMILES string of the molecule is C=CC(=O)Nc1cc(Nc2ncc(F)c(-c3ccc4cc(C(=O)NC)n(C(C)C)c4c3)n2)ccc1N1CCN(C)CC1. The maximum atomic E-state index is 15.1. The summed E-state index contributed by atoms with van der Waals surface area (Å²) in [6.45, 7) is 11.1. The maximum Gasteiger partial charge on any atom is 0.267 e. The van der Waals surface area contributed by atoms with Crippen LogP contribution in [0.4, 0.5) is 27.4 Å². The van der Waals surface area contributed by atoms with Crippen molar-refractivity contribution in [2.75, 3.05) is 55.8 Å². The first-order valence-electron chi connectivity index (χ1n) is 13.9. The minimum Gasteiger partial charge on any atom is -0.367 e. The Morgan fingerprint density at radius 2 is 1.83 bits per heavy atom. The highest BCUT2D eigenvalue weighted by molar-refractivity contribution is 6.02. The van der Waals surface area contributed by atoms with Gasteiger partial charge < -0.3 is 30.3 Å². The number of amides is 2. The van der Waals surface area contributed by atoms with Crippen LogP contribution >= 0.6 is 0 Å². The van der Waals surface area contributed by atoms with Gasteiger partial charge in [0.25, 0.3) is 5.91 Å². The molecule has 2 amide bonds. The Hall–Kier alpha value is -4.77. The van der Waals surface area contributed by atoms with Gasteiger partial charge in [0.1, 0.15) is 11.4 Å². The van der Waals surface area contributed by atoms with E-state index in [-0.39, 0.29) is 29.5 Å². The van der Waals surface area contributed by atoms with Crippen molar-refractivity contribution >= 4 is 45.7 Å². The number of hydrogen-bond donors (Lipinski definition) is 3. The lowest BCUT2D eigenvalue weighted by Crippen LogP contribution is -2.44. The van der Waals surface area contributed by atoms with Crippen LogP contribution in [-0.4, -0.2) is 71.5 Å². The van der Waals surface area contributed by atoms with Crippen LogP contribution in [0.3, 0.4) is 0 Å². The molecular weight excluding hydrogens is 535 g/mol. The number of hydrogen-bond acceptors (Lipinski definition) is 7. The largest absolute Gasteiger partial charge is 0.367 e. The van der Waals surface area contributed by atoms with E-state index >= 15 is 4.39 Å². The molecule has 0 unspecified atom stereocenters. The lowest BCUT2D eigenvalue weighted by Gasteiger charge is -2.35. The number of likely N-dealkylation sites (N-methyl/N-ethyl adjacent to an activating group) is 1. The van der Waals surface area contributed by atoms with E-state index in [1.165, 1.54) is 6.08 Å². The predicted octanol–water partition coefficient (Wildman–Crippen LogP) is 4.80. The molecule has 1 fully saturated rings. The number of halogens is 1. The standard InChI is InChI=1S/C31H35FN8O2/c1-6-28(41)36-24-17-22(9-10-25(24)39-13-11-38(5)12-14-39)35-31-34-18-23(32)29(37-31)21-8-7-20-15-27(30(42)33-4)40(19(2)3)26(20)16-21/h6-10,15-19H,1,11-14H2,2-5H3,(H,33,42)(H,36,41)(H,34,35,37). The fourth-order valence-corrected chi connectivity index (χ4v) is 5.21. The van der Waals surface area contributed by atoms with E-state index in [4.69, 9.17) is 0 Å². The van der Waals surface area contributed by atoms with Gasteiger partial charge in [0.05, 0.1) is 17.6 Å². The molecule has 3 heterocycles. The van der Waals surface area contributed by atoms with Gasteiger partial charge in [0, 0.05) is 61.4 Å². The number of rotatable bonds is 8. The number of aromatic nitrogens is 3. The molecule has 0 saturated carbocycles. The Morgan fingerprint density at radius 3 is 2.52 bits per heavy atom. The van der Waals surface area contributed by atoms with Crippen molar-refractivity contribution < 1.29 is 14.0 Å². The molecule has 218 valence electrons. The number of benzene rings is 2. The van der Waals surface area contributed by atoms with Crippen LogP contribution < -0.4 is 20.9 Å². The smallest absolute Gasteiger partial charge is 0.267 e. The average Bonchev–Trinajstić information content (AvgIpc) is 3.37. The van der Waals surface area contributed by atoms with Crippen LogP contribution in [0.1, 0.15) is 30.4 Å². The molecule has 2 aromatic carbocycles. The Bertz CT molecular complexity index is 1660. The minimum atomic E-state index is -0.571. The summed E-state index contributed by atoms with van der Waals surface area (Å²) < 4.78 is 17.0. The molecule has 1 saturated heterocycles. The molecule has 0 radical (unpaired) electrons. The van der Waals surface area contributed by atoms with Crippen molar-refractivity contribution in [3.8, 4) is 11.3 Å². The Morgan fingerprint density at radius 1 is 1.07 bits per heavy atom. The Balaban J connectivity index is 1.48. The van der Waals surface area contributed by atoms with Crippen molar-refractivity contribution in [1.82, 2.24) is 24.8 Å². The molecule has 10 nitrogen and oxygen atoms in total. The molecule has 2 aromatic heterocycles. The number of nitrogens with one attached hydrogen (secondary N) is 3. The highest BCUT2D eigenvalue weighted by atomic mass is 19.1. The second-order valence-electron chi connectivity index (χ2n) is 10.6. The van der Waals surface area contributed by atoms with Crippen LogP contribution in [0.25, 0.3) is 22.2 Å². The third-order valence-electron chi connectivity index (χ3n) is 7.38. The summed E-state index contributed by atoms with van der Waals surface area (Å²) in [7, 11) is 3.68. The lowest BCUT2D eigenvalue weighted by molar-refractivity contribution is -0.111. The fourth-order valence-electron chi connectivity index (χ4n) is 5.21. The molecular formula is C31H35FN8O2. The molecule has 0 bridgehead atoms. The van der Waals surface area contributed by atoms with Gasteiger partial charge in [-0.3, -0.25) is 9.59 Å². The van der Waals surface area contributed by atoms with E-state index in [1.54, 1.807) is 13.1 Å². The zero-order valence-corrected chi connectivity index (χ0v) is 24.2. The average molecular weight is 571 g/mol. The van der Waals surface area contributed by atoms with E-state index in [0.717, 1.165) is 49.0 Å². The summed E-state index contributed by atoms with van der Waals surface area (Å²) in [4.78, 5) is 37.9. The summed E-state index contributed by atoms with van der Waals surface area (Å²) in [5.74, 6) is -0.879. The summed E-state index contributed by atoms with van der Waals surface area (Å²) in [5.41, 5.74) is 4.18. The van der Waals surface area contributed by atoms with E-state index in [1.807, 2.05) is 54.8 Å². The normalized spacial score (nSPS) is 13.8. The number of piperazine rings is 1. The molecule has 4 aromatic rings. The third kappa shape index (κ3) is 5.82. The number of fused-ring (bicyclic) bond motifs is 1. The van der Waals surface area contributed by atoms with Gasteiger partial charge in [-0.05, 0) is 57.3 Å². The van der Waals surface area contributed by atoms with Gasteiger partial charge in [-0.1, -0.05) is 18.7 Å². The summed E-state index contributed by atoms with van der Waals surface area (Å²) >= 11 is 0. The Kier molecular flexibility index (Phi) is 8.21. The molecule has 1 aliphatic rings. The second kappa shape index (κ2) is 12.0. The third-order valence-corrected chi connectivity index (χ3v) is 7.38. The van der Waals surface area contributed by atoms with Crippen LogP contribution in [0.5, 0.6) is 0 Å². The van der Waals surface area contributed by atoms with E-state index in [9.17, 15) is 9.59 Å². The first-order chi connectivity index (χ1) is 20.2. The van der Waals surface area contributed by atoms with Gasteiger partial charge in [0.2, 0.25) is 11.9 Å². The highest BCUT2D eigenvalue weighted by Crippen LogP contribution is 2.33. The predicted molar refractivity (Wildman–Crippen MR) is 165 cm³/mol. The quantitative estimate of drug-likeness (QED) is 0.261. The summed E-state index contributed by atoms with van der Waals surface area (Å²) in [6, 6.07) is 12.9. The lowest BCUT2D eigenvalue weighted by atomic mass is 10.1. The Labute approximate surface area is 244 Å². The minimum absolute atomic E-state index is 0.00196. The zero-order valence-electron chi connectivity index (χ0n) is 24.2. The monoisotopic (exact) mass is 570 g/mol. The molecule has 0 aliphatic carbocycles. The molecule has 3 N–H and O–H groups in total. The topological polar surface area (TPSA) is 107 Å². The zero-order chi connectivity index (χ0) is 30.0. The number of anilines is 4. The number of carbonyl (C=O) groups is 2. The van der Waals surface area contributed by atoms with Crippen molar-refractivity contribution in [3.63, 3.8) is 0 Å². The van der Waals surface area contributed by atoms with Gasteiger partial charge in [-0.2, -0.15) is 0 Å². The summed E-state index contributed by atoms with van der Waals surface area (Å²) in [6.07, 6.45) is 2.36. The van der Waals surface area contributed by atoms with Crippen LogP contribution in [0, 0.1) is 5.82 Å². The molecule has 0 spiro atoms. The first kappa shape index (κ1) is 28.7. The van der Waals surface area contributed by atoms with Crippen molar-refractivity contribution in [1.29, 1.82) is 0 Å². The van der Waals surface area contributed by atoms with E-state index in [0.29, 0.717) is 22.6 Å². The summed E-state index contributed by atoms with van der Waals surface area (Å²) in [5, 5.41) is 9.61. The molecule has 11 heteroatoms. The van der Waals surface area contributed by atoms with Crippen LogP contribution in [0.2, 0.25) is 0 Å². The molecule has 42 heavy (non-hydrogen) atoms. The van der Waals surface area contributed by atoms with Crippen LogP contribution in [0.15, 0.2) is 61.3 Å².